The molecule has 0 aromatic heterocycles. The molecule has 0 saturated carbocycles. The van der Waals surface area contributed by atoms with Crippen LogP contribution in [-0.4, -0.2) is 53.7 Å². The van der Waals surface area contributed by atoms with Gasteiger partial charge in [-0.25, -0.2) is 0 Å². The summed E-state index contributed by atoms with van der Waals surface area (Å²) in [5.74, 6) is -2.27. The summed E-state index contributed by atoms with van der Waals surface area (Å²) in [6.45, 7) is 3.38. The fraction of sp³-hybridized carbons (Fsp3) is 0.273. The number of benzene rings is 2. The van der Waals surface area contributed by atoms with E-state index in [1.54, 1.807) is 19.2 Å². The lowest BCUT2D eigenvalue weighted by molar-refractivity contribution is -0.151. The zero-order valence-corrected chi connectivity index (χ0v) is 16.6. The summed E-state index contributed by atoms with van der Waals surface area (Å²) in [6.07, 6.45) is 0. The lowest BCUT2D eigenvalue weighted by Crippen LogP contribution is -2.37. The second-order valence-electron chi connectivity index (χ2n) is 7.08. The van der Waals surface area contributed by atoms with Crippen molar-refractivity contribution in [1.82, 2.24) is 9.80 Å². The van der Waals surface area contributed by atoms with Crippen LogP contribution in [0.2, 0.25) is 0 Å². The number of nitrogens with zero attached hydrogens (tertiary/aromatic N) is 2. The minimum Gasteiger partial charge on any atom is -0.454 e. The second kappa shape index (κ2) is 8.26. The quantitative estimate of drug-likeness (QED) is 0.553. The summed E-state index contributed by atoms with van der Waals surface area (Å²) in [7, 11) is 1.62. The minimum atomic E-state index is -0.812. The molecule has 1 heterocycles. The average molecular weight is 394 g/mol. The van der Waals surface area contributed by atoms with Crippen molar-refractivity contribution in [2.75, 3.05) is 20.2 Å². The molecule has 0 N–H and O–H groups in total. The van der Waals surface area contributed by atoms with Gasteiger partial charge in [-0.1, -0.05) is 35.9 Å². The Morgan fingerprint density at radius 2 is 1.62 bits per heavy atom. The predicted molar refractivity (Wildman–Crippen MR) is 105 cm³/mol. The van der Waals surface area contributed by atoms with Crippen LogP contribution in [0.1, 0.15) is 37.4 Å². The summed E-state index contributed by atoms with van der Waals surface area (Å²) in [4.78, 5) is 51.2. The molecule has 150 valence electrons. The Kier molecular flexibility index (Phi) is 5.77. The number of rotatable bonds is 6. The van der Waals surface area contributed by atoms with Crippen LogP contribution in [0.15, 0.2) is 42.5 Å². The number of carbonyl (C=O) groups excluding carboxylic acids is 4. The van der Waals surface area contributed by atoms with Crippen molar-refractivity contribution >= 4 is 23.7 Å². The van der Waals surface area contributed by atoms with E-state index in [2.05, 4.69) is 0 Å². The van der Waals surface area contributed by atoms with Gasteiger partial charge >= 0.3 is 5.97 Å². The molecular formula is C22H22N2O5. The van der Waals surface area contributed by atoms with Gasteiger partial charge in [-0.05, 0) is 37.1 Å². The van der Waals surface area contributed by atoms with Crippen LogP contribution in [0.3, 0.4) is 0 Å². The van der Waals surface area contributed by atoms with E-state index in [9.17, 15) is 19.2 Å². The largest absolute Gasteiger partial charge is 0.454 e. The first-order chi connectivity index (χ1) is 13.8. The molecule has 29 heavy (non-hydrogen) atoms. The number of carbonyl (C=O) groups is 4. The van der Waals surface area contributed by atoms with Crippen LogP contribution in [-0.2, 0) is 20.9 Å². The second-order valence-corrected chi connectivity index (χ2v) is 7.08. The topological polar surface area (TPSA) is 84.0 Å². The highest BCUT2D eigenvalue weighted by Gasteiger charge is 2.36. The van der Waals surface area contributed by atoms with Crippen LogP contribution < -0.4 is 0 Å². The van der Waals surface area contributed by atoms with Crippen molar-refractivity contribution in [3.8, 4) is 0 Å². The number of hydrogen-bond donors (Lipinski definition) is 0. The Labute approximate surface area is 168 Å². The standard InChI is InChI=1S/C22H22N2O5/c1-14-8-9-16(15(2)10-14)11-23(3)19(25)13-29-20(26)12-24-21(27)17-6-4-5-7-18(17)22(24)28/h4-10H,11-13H2,1-3H3. The summed E-state index contributed by atoms with van der Waals surface area (Å²) in [5.41, 5.74) is 3.74. The number of ether oxygens (including phenoxy) is 1. The molecule has 0 atom stereocenters. The molecule has 3 amide bonds. The normalized spacial score (nSPS) is 12.7. The summed E-state index contributed by atoms with van der Waals surface area (Å²) in [5, 5.41) is 0. The van der Waals surface area contributed by atoms with Crippen molar-refractivity contribution in [2.24, 2.45) is 0 Å². The molecule has 3 rings (SSSR count). The van der Waals surface area contributed by atoms with Gasteiger partial charge in [0, 0.05) is 13.6 Å². The maximum Gasteiger partial charge on any atom is 0.326 e. The van der Waals surface area contributed by atoms with E-state index in [1.165, 1.54) is 17.0 Å². The third-order valence-electron chi connectivity index (χ3n) is 4.85. The Morgan fingerprint density at radius 1 is 1.00 bits per heavy atom. The van der Waals surface area contributed by atoms with Crippen LogP contribution in [0.25, 0.3) is 0 Å². The third kappa shape index (κ3) is 4.34. The summed E-state index contributed by atoms with van der Waals surface area (Å²) < 4.78 is 4.99. The third-order valence-corrected chi connectivity index (χ3v) is 4.85. The van der Waals surface area contributed by atoms with Crippen molar-refractivity contribution in [3.63, 3.8) is 0 Å². The van der Waals surface area contributed by atoms with Crippen molar-refractivity contribution in [3.05, 3.63) is 70.3 Å². The maximum atomic E-state index is 12.3. The molecule has 0 aliphatic carbocycles. The molecular weight excluding hydrogens is 372 g/mol. The van der Waals surface area contributed by atoms with E-state index >= 15 is 0 Å². The summed E-state index contributed by atoms with van der Waals surface area (Å²) in [6, 6.07) is 12.3. The fourth-order valence-corrected chi connectivity index (χ4v) is 3.18. The SMILES string of the molecule is Cc1ccc(CN(C)C(=O)COC(=O)CN2C(=O)c3ccccc3C2=O)c(C)c1. The monoisotopic (exact) mass is 394 g/mol. The molecule has 2 aromatic rings. The van der Waals surface area contributed by atoms with Gasteiger partial charge in [0.15, 0.2) is 6.61 Å². The zero-order chi connectivity index (χ0) is 21.1. The molecule has 0 unspecified atom stereocenters. The number of aryl methyl sites for hydroxylation is 2. The zero-order valence-electron chi connectivity index (χ0n) is 16.6. The van der Waals surface area contributed by atoms with Crippen LogP contribution in [0.5, 0.6) is 0 Å². The molecule has 0 spiro atoms. The van der Waals surface area contributed by atoms with E-state index in [1.807, 2.05) is 32.0 Å². The van der Waals surface area contributed by atoms with E-state index < -0.39 is 30.9 Å². The van der Waals surface area contributed by atoms with Gasteiger partial charge in [0.05, 0.1) is 11.1 Å². The van der Waals surface area contributed by atoms with Crippen molar-refractivity contribution < 1.29 is 23.9 Å². The van der Waals surface area contributed by atoms with Gasteiger partial charge in [-0.2, -0.15) is 0 Å². The Balaban J connectivity index is 1.52. The number of esters is 1. The lowest BCUT2D eigenvalue weighted by atomic mass is 10.1. The highest BCUT2D eigenvalue weighted by Crippen LogP contribution is 2.22. The lowest BCUT2D eigenvalue weighted by Gasteiger charge is -2.19. The highest BCUT2D eigenvalue weighted by molar-refractivity contribution is 6.22. The Morgan fingerprint density at radius 3 is 2.21 bits per heavy atom. The van der Waals surface area contributed by atoms with Gasteiger partial charge < -0.3 is 9.64 Å². The van der Waals surface area contributed by atoms with E-state index in [0.717, 1.165) is 21.6 Å². The summed E-state index contributed by atoms with van der Waals surface area (Å²) >= 11 is 0. The van der Waals surface area contributed by atoms with Gasteiger partial charge in [0.25, 0.3) is 17.7 Å². The molecule has 7 heteroatoms. The molecule has 1 aliphatic heterocycles. The van der Waals surface area contributed by atoms with E-state index in [4.69, 9.17) is 4.74 Å². The first-order valence-electron chi connectivity index (χ1n) is 9.19. The smallest absolute Gasteiger partial charge is 0.326 e. The first kappa shape index (κ1) is 20.3. The van der Waals surface area contributed by atoms with E-state index in [0.29, 0.717) is 6.54 Å². The molecule has 0 radical (unpaired) electrons. The van der Waals surface area contributed by atoms with Crippen LogP contribution in [0, 0.1) is 13.8 Å². The minimum absolute atomic E-state index is 0.259. The average Bonchev–Trinajstić information content (AvgIpc) is 2.93. The molecule has 0 saturated heterocycles. The molecule has 7 nitrogen and oxygen atoms in total. The van der Waals surface area contributed by atoms with Crippen LogP contribution in [0.4, 0.5) is 0 Å². The molecule has 0 bridgehead atoms. The van der Waals surface area contributed by atoms with Gasteiger partial charge in [-0.3, -0.25) is 24.1 Å². The fourth-order valence-electron chi connectivity index (χ4n) is 3.18. The van der Waals surface area contributed by atoms with Crippen molar-refractivity contribution in [1.29, 1.82) is 0 Å². The van der Waals surface area contributed by atoms with E-state index in [-0.39, 0.29) is 17.0 Å². The number of hydrogen-bond acceptors (Lipinski definition) is 5. The highest BCUT2D eigenvalue weighted by atomic mass is 16.5. The maximum absolute atomic E-state index is 12.3. The Bertz CT molecular complexity index is 963. The van der Waals surface area contributed by atoms with Gasteiger partial charge in [-0.15, -0.1) is 0 Å². The Hall–Kier alpha value is -3.48. The van der Waals surface area contributed by atoms with Gasteiger partial charge in [0.2, 0.25) is 0 Å². The number of imide groups is 1. The molecule has 0 fully saturated rings. The number of fused-ring (bicyclic) bond motifs is 1. The number of likely N-dealkylation sites (N-methyl/N-ethyl adjacent to an activating group) is 1. The van der Waals surface area contributed by atoms with Gasteiger partial charge in [0.1, 0.15) is 6.54 Å². The molecule has 2 aromatic carbocycles. The van der Waals surface area contributed by atoms with Crippen molar-refractivity contribution in [2.45, 2.75) is 20.4 Å². The van der Waals surface area contributed by atoms with Crippen LogP contribution >= 0.6 is 0 Å². The molecule has 1 aliphatic rings. The first-order valence-corrected chi connectivity index (χ1v) is 9.19. The predicted octanol–water partition coefficient (Wildman–Crippen LogP) is 2.10. The number of amides is 3.